The number of nitrogens with zero attached hydrogens (tertiary/aromatic N) is 1. The Bertz CT molecular complexity index is 674. The lowest BCUT2D eigenvalue weighted by Crippen LogP contribution is -2.00. The molecule has 0 saturated heterocycles. The number of carbonyl (C=O) groups is 1. The Morgan fingerprint density at radius 1 is 1.14 bits per heavy atom. The van der Waals surface area contributed by atoms with Gasteiger partial charge in [0.1, 0.15) is 12.9 Å². The highest BCUT2D eigenvalue weighted by molar-refractivity contribution is 5.76. The Hall–Kier alpha value is -2.69. The van der Waals surface area contributed by atoms with E-state index in [1.165, 1.54) is 18.2 Å². The first-order chi connectivity index (χ1) is 9.99. The molecule has 0 unspecified atom stereocenters. The van der Waals surface area contributed by atoms with Gasteiger partial charge >= 0.3 is 5.69 Å². The third-order valence-electron chi connectivity index (χ3n) is 2.99. The van der Waals surface area contributed by atoms with Crippen LogP contribution in [-0.4, -0.2) is 11.2 Å². The van der Waals surface area contributed by atoms with Gasteiger partial charge in [-0.05, 0) is 31.5 Å². The van der Waals surface area contributed by atoms with Crippen molar-refractivity contribution in [1.82, 2.24) is 0 Å². The summed E-state index contributed by atoms with van der Waals surface area (Å²) in [5, 5.41) is 11.0. The second-order valence-electron chi connectivity index (χ2n) is 4.89. The van der Waals surface area contributed by atoms with Gasteiger partial charge in [-0.1, -0.05) is 29.3 Å². The zero-order valence-electron chi connectivity index (χ0n) is 11.8. The van der Waals surface area contributed by atoms with Crippen molar-refractivity contribution in [3.63, 3.8) is 0 Å². The summed E-state index contributed by atoms with van der Waals surface area (Å²) in [6, 6.07) is 10.0. The highest BCUT2D eigenvalue weighted by Crippen LogP contribution is 2.28. The molecular weight excluding hydrogens is 270 g/mol. The van der Waals surface area contributed by atoms with Crippen LogP contribution >= 0.6 is 0 Å². The first-order valence-corrected chi connectivity index (χ1v) is 6.43. The summed E-state index contributed by atoms with van der Waals surface area (Å²) in [5.41, 5.74) is 3.33. The van der Waals surface area contributed by atoms with Gasteiger partial charge in [0.05, 0.1) is 4.92 Å². The molecule has 0 aliphatic rings. The van der Waals surface area contributed by atoms with Crippen LogP contribution in [0.2, 0.25) is 0 Å². The number of hydrogen-bond donors (Lipinski definition) is 0. The fourth-order valence-corrected chi connectivity index (χ4v) is 2.18. The smallest absolute Gasteiger partial charge is 0.310 e. The number of hydrogen-bond acceptors (Lipinski definition) is 4. The van der Waals surface area contributed by atoms with E-state index >= 15 is 0 Å². The van der Waals surface area contributed by atoms with Crippen molar-refractivity contribution in [2.45, 2.75) is 20.5 Å². The van der Waals surface area contributed by atoms with Crippen LogP contribution < -0.4 is 4.74 Å². The van der Waals surface area contributed by atoms with E-state index in [0.29, 0.717) is 11.8 Å². The molecule has 21 heavy (non-hydrogen) atoms. The molecule has 2 rings (SSSR count). The number of nitro benzene ring substituents is 1. The summed E-state index contributed by atoms with van der Waals surface area (Å²) in [7, 11) is 0. The van der Waals surface area contributed by atoms with Gasteiger partial charge in [-0.25, -0.2) is 0 Å². The van der Waals surface area contributed by atoms with Crippen LogP contribution in [0.1, 0.15) is 27.0 Å². The minimum atomic E-state index is -0.522. The van der Waals surface area contributed by atoms with Gasteiger partial charge in [0.15, 0.2) is 5.75 Å². The molecule has 0 radical (unpaired) electrons. The van der Waals surface area contributed by atoms with Crippen LogP contribution in [0.3, 0.4) is 0 Å². The predicted octanol–water partition coefficient (Wildman–Crippen LogP) is 3.60. The maximum absolute atomic E-state index is 11.0. The van der Waals surface area contributed by atoms with Crippen molar-refractivity contribution in [1.29, 1.82) is 0 Å². The SMILES string of the molecule is Cc1cc(C)cc(COc2cc(C=O)ccc2[N+](=O)[O-])c1. The highest BCUT2D eigenvalue weighted by atomic mass is 16.6. The summed E-state index contributed by atoms with van der Waals surface area (Å²) in [6.45, 7) is 4.17. The molecule has 108 valence electrons. The number of nitro groups is 1. The summed E-state index contributed by atoms with van der Waals surface area (Å²) in [6.07, 6.45) is 0.632. The van der Waals surface area contributed by atoms with Crippen LogP contribution in [0.5, 0.6) is 5.75 Å². The molecule has 2 aromatic rings. The van der Waals surface area contributed by atoms with E-state index < -0.39 is 4.92 Å². The highest BCUT2D eigenvalue weighted by Gasteiger charge is 2.15. The van der Waals surface area contributed by atoms with Gasteiger partial charge in [-0.15, -0.1) is 0 Å². The number of aryl methyl sites for hydroxylation is 2. The second kappa shape index (κ2) is 6.17. The molecule has 0 heterocycles. The molecule has 2 aromatic carbocycles. The number of carbonyl (C=O) groups excluding carboxylic acids is 1. The summed E-state index contributed by atoms with van der Waals surface area (Å²) in [4.78, 5) is 21.2. The van der Waals surface area contributed by atoms with Crippen molar-refractivity contribution in [3.05, 3.63) is 68.8 Å². The summed E-state index contributed by atoms with van der Waals surface area (Å²) >= 11 is 0. The zero-order chi connectivity index (χ0) is 15.4. The quantitative estimate of drug-likeness (QED) is 0.478. The lowest BCUT2D eigenvalue weighted by molar-refractivity contribution is -0.385. The topological polar surface area (TPSA) is 69.4 Å². The Morgan fingerprint density at radius 3 is 2.38 bits per heavy atom. The zero-order valence-corrected chi connectivity index (χ0v) is 11.8. The lowest BCUT2D eigenvalue weighted by Gasteiger charge is -2.09. The molecule has 0 saturated carbocycles. The second-order valence-corrected chi connectivity index (χ2v) is 4.89. The Morgan fingerprint density at radius 2 is 1.81 bits per heavy atom. The average molecular weight is 285 g/mol. The van der Waals surface area contributed by atoms with E-state index in [4.69, 9.17) is 4.74 Å². The first kappa shape index (κ1) is 14.7. The molecule has 0 fully saturated rings. The van der Waals surface area contributed by atoms with Gasteiger partial charge in [0.25, 0.3) is 0 Å². The van der Waals surface area contributed by atoms with E-state index in [0.717, 1.165) is 16.7 Å². The van der Waals surface area contributed by atoms with Crippen LogP contribution in [0.25, 0.3) is 0 Å². The van der Waals surface area contributed by atoms with Crippen molar-refractivity contribution in [2.75, 3.05) is 0 Å². The minimum absolute atomic E-state index is 0.101. The Kier molecular flexibility index (Phi) is 4.33. The number of aldehydes is 1. The monoisotopic (exact) mass is 285 g/mol. The number of ether oxygens (including phenoxy) is 1. The van der Waals surface area contributed by atoms with E-state index in [-0.39, 0.29) is 18.0 Å². The molecule has 0 bridgehead atoms. The average Bonchev–Trinajstić information content (AvgIpc) is 2.43. The third-order valence-corrected chi connectivity index (χ3v) is 2.99. The van der Waals surface area contributed by atoms with Crippen molar-refractivity contribution in [2.24, 2.45) is 0 Å². The molecular formula is C16H15NO4. The molecule has 0 atom stereocenters. The van der Waals surface area contributed by atoms with Gasteiger partial charge in [-0.2, -0.15) is 0 Å². The molecule has 5 nitrogen and oxygen atoms in total. The summed E-state index contributed by atoms with van der Waals surface area (Å²) < 4.78 is 5.54. The standard InChI is InChI=1S/C16H15NO4/c1-11-5-12(2)7-14(6-11)10-21-16-8-13(9-18)3-4-15(16)17(19)20/h3-9H,10H2,1-2H3. The fourth-order valence-electron chi connectivity index (χ4n) is 2.18. The molecule has 0 aliphatic heterocycles. The number of benzene rings is 2. The van der Waals surface area contributed by atoms with Crippen molar-refractivity contribution in [3.8, 4) is 5.75 Å². The molecule has 0 aromatic heterocycles. The molecule has 0 N–H and O–H groups in total. The van der Waals surface area contributed by atoms with Crippen LogP contribution in [0.15, 0.2) is 36.4 Å². The van der Waals surface area contributed by atoms with Crippen LogP contribution in [-0.2, 0) is 6.61 Å². The lowest BCUT2D eigenvalue weighted by atomic mass is 10.1. The van der Waals surface area contributed by atoms with Crippen molar-refractivity contribution < 1.29 is 14.5 Å². The molecule has 0 amide bonds. The van der Waals surface area contributed by atoms with Gasteiger partial charge in [0, 0.05) is 11.6 Å². The van der Waals surface area contributed by atoms with Gasteiger partial charge in [0.2, 0.25) is 0 Å². The fraction of sp³-hybridized carbons (Fsp3) is 0.188. The third kappa shape index (κ3) is 3.66. The van der Waals surface area contributed by atoms with Gasteiger partial charge in [-0.3, -0.25) is 14.9 Å². The van der Waals surface area contributed by atoms with E-state index in [2.05, 4.69) is 0 Å². The van der Waals surface area contributed by atoms with Crippen molar-refractivity contribution >= 4 is 12.0 Å². The Balaban J connectivity index is 2.25. The van der Waals surface area contributed by atoms with E-state index in [1.807, 2.05) is 32.0 Å². The minimum Gasteiger partial charge on any atom is -0.482 e. The first-order valence-electron chi connectivity index (χ1n) is 6.43. The van der Waals surface area contributed by atoms with E-state index in [1.54, 1.807) is 0 Å². The van der Waals surface area contributed by atoms with Crippen LogP contribution in [0.4, 0.5) is 5.69 Å². The molecule has 5 heteroatoms. The maximum Gasteiger partial charge on any atom is 0.310 e. The van der Waals surface area contributed by atoms with E-state index in [9.17, 15) is 14.9 Å². The maximum atomic E-state index is 11.0. The van der Waals surface area contributed by atoms with Gasteiger partial charge < -0.3 is 4.74 Å². The largest absolute Gasteiger partial charge is 0.482 e. The normalized spacial score (nSPS) is 10.2. The predicted molar refractivity (Wildman–Crippen MR) is 78.7 cm³/mol. The molecule has 0 aliphatic carbocycles. The number of rotatable bonds is 5. The Labute approximate surface area is 122 Å². The molecule has 0 spiro atoms. The summed E-state index contributed by atoms with van der Waals surface area (Å²) in [5.74, 6) is 0.101. The van der Waals surface area contributed by atoms with Crippen LogP contribution in [0, 0.1) is 24.0 Å².